The van der Waals surface area contributed by atoms with Crippen molar-refractivity contribution in [3.8, 4) is 0 Å². The lowest BCUT2D eigenvalue weighted by Crippen LogP contribution is -2.42. The van der Waals surface area contributed by atoms with Crippen LogP contribution in [0.2, 0.25) is 10.0 Å². The molecule has 37 heavy (non-hydrogen) atoms. The van der Waals surface area contributed by atoms with Crippen molar-refractivity contribution in [1.29, 1.82) is 0 Å². The van der Waals surface area contributed by atoms with E-state index in [1.807, 2.05) is 0 Å². The summed E-state index contributed by atoms with van der Waals surface area (Å²) in [5.41, 5.74) is -0.629. The summed E-state index contributed by atoms with van der Waals surface area (Å²) in [5, 5.41) is 2.60. The molecule has 3 aromatic rings. The number of alkyl halides is 6. The Kier molecular flexibility index (Phi) is 7.20. The van der Waals surface area contributed by atoms with Gasteiger partial charge in [-0.1, -0.05) is 53.5 Å². The van der Waals surface area contributed by atoms with Gasteiger partial charge in [0.2, 0.25) is 5.60 Å². The summed E-state index contributed by atoms with van der Waals surface area (Å²) < 4.78 is 80.3. The zero-order valence-electron chi connectivity index (χ0n) is 18.5. The third kappa shape index (κ3) is 5.56. The number of carbonyl (C=O) groups excluding carboxylic acids is 1. The second-order valence-electron chi connectivity index (χ2n) is 8.08. The first-order valence-electron chi connectivity index (χ1n) is 10.5. The number of amides is 1. The minimum absolute atomic E-state index is 0.0140. The largest absolute Gasteiger partial charge is 0.428 e. The predicted molar refractivity (Wildman–Crippen MR) is 125 cm³/mol. The van der Waals surface area contributed by atoms with Gasteiger partial charge in [-0.25, -0.2) is 0 Å². The van der Waals surface area contributed by atoms with Crippen LogP contribution in [0.4, 0.5) is 26.3 Å². The number of rotatable bonds is 5. The first kappa shape index (κ1) is 26.8. The number of halogens is 8. The van der Waals surface area contributed by atoms with Crippen LogP contribution >= 0.6 is 23.2 Å². The van der Waals surface area contributed by atoms with Crippen LogP contribution in [0.3, 0.4) is 0 Å². The summed E-state index contributed by atoms with van der Waals surface area (Å²) in [5.74, 6) is -0.517. The van der Waals surface area contributed by atoms with Gasteiger partial charge in [0.25, 0.3) is 5.91 Å². The molecule has 0 saturated heterocycles. The van der Waals surface area contributed by atoms with E-state index in [9.17, 15) is 31.1 Å². The van der Waals surface area contributed by atoms with Gasteiger partial charge in [0.15, 0.2) is 0 Å². The molecule has 1 unspecified atom stereocenters. The molecule has 1 atom stereocenters. The van der Waals surface area contributed by atoms with Crippen molar-refractivity contribution >= 4 is 34.8 Å². The second-order valence-corrected chi connectivity index (χ2v) is 8.89. The highest BCUT2D eigenvalue weighted by molar-refractivity contribution is 6.42. The average Bonchev–Trinajstić information content (AvgIpc) is 3.31. The van der Waals surface area contributed by atoms with Crippen molar-refractivity contribution in [3.63, 3.8) is 0 Å². The van der Waals surface area contributed by atoms with E-state index < -0.39 is 29.4 Å². The van der Waals surface area contributed by atoms with Crippen LogP contribution in [-0.2, 0) is 23.2 Å². The first-order valence-corrected chi connectivity index (χ1v) is 11.3. The molecule has 1 aliphatic rings. The Labute approximate surface area is 216 Å². The van der Waals surface area contributed by atoms with Crippen LogP contribution in [0.25, 0.3) is 5.70 Å². The third-order valence-electron chi connectivity index (χ3n) is 5.63. The number of hydroxylamine groups is 1. The highest BCUT2D eigenvalue weighted by Gasteiger charge is 2.59. The van der Waals surface area contributed by atoms with E-state index in [1.165, 1.54) is 42.5 Å². The van der Waals surface area contributed by atoms with Crippen molar-refractivity contribution in [2.24, 2.45) is 0 Å². The van der Waals surface area contributed by atoms with Crippen molar-refractivity contribution in [1.82, 2.24) is 10.8 Å². The lowest BCUT2D eigenvalue weighted by atomic mass is 9.91. The highest BCUT2D eigenvalue weighted by atomic mass is 35.5. The number of hydrogen-bond donors (Lipinski definition) is 2. The average molecular weight is 561 g/mol. The molecule has 0 spiro atoms. The summed E-state index contributed by atoms with van der Waals surface area (Å²) in [7, 11) is 0. The van der Waals surface area contributed by atoms with Crippen LogP contribution < -0.4 is 10.8 Å². The molecule has 1 heterocycles. The Morgan fingerprint density at radius 1 is 0.892 bits per heavy atom. The predicted octanol–water partition coefficient (Wildman–Crippen LogP) is 7.28. The monoisotopic (exact) mass is 560 g/mol. The minimum Gasteiger partial charge on any atom is -0.348 e. The molecule has 2 N–H and O–H groups in total. The topological polar surface area (TPSA) is 50.4 Å². The van der Waals surface area contributed by atoms with Gasteiger partial charge in [-0.15, -0.1) is 0 Å². The van der Waals surface area contributed by atoms with Crippen molar-refractivity contribution in [3.05, 3.63) is 111 Å². The molecule has 0 fully saturated rings. The minimum atomic E-state index is -4.85. The molecular weight excluding hydrogens is 545 g/mol. The maximum atomic E-state index is 14.1. The standard InChI is InChI=1S/C25H16Cl2F6N2O2/c26-19-10-9-18(11-20(19)27)23(25(31,32)33)12-21(35-37-23)15-3-5-16(6-4-15)22(36)34-13-14-1-7-17(8-2-14)24(28,29)30/h1-12,35H,13H2,(H,34,36). The zero-order valence-corrected chi connectivity index (χ0v) is 20.0. The molecule has 1 amide bonds. The lowest BCUT2D eigenvalue weighted by molar-refractivity contribution is -0.269. The number of benzene rings is 3. The quantitative estimate of drug-likeness (QED) is 0.322. The van der Waals surface area contributed by atoms with E-state index in [2.05, 4.69) is 10.8 Å². The van der Waals surface area contributed by atoms with Gasteiger partial charge in [-0.3, -0.25) is 15.1 Å². The molecule has 194 valence electrons. The molecule has 1 aliphatic heterocycles. The molecule has 3 aromatic carbocycles. The van der Waals surface area contributed by atoms with Crippen LogP contribution in [-0.4, -0.2) is 12.1 Å². The Morgan fingerprint density at radius 3 is 2.11 bits per heavy atom. The Bertz CT molecular complexity index is 1340. The fraction of sp³-hybridized carbons (Fsp3) is 0.160. The van der Waals surface area contributed by atoms with Crippen molar-refractivity contribution in [2.75, 3.05) is 0 Å². The van der Waals surface area contributed by atoms with Crippen LogP contribution in [0.5, 0.6) is 0 Å². The normalized spacial score (nSPS) is 17.8. The Hall–Kier alpha value is -3.21. The maximum Gasteiger partial charge on any atom is 0.428 e. The summed E-state index contributed by atoms with van der Waals surface area (Å²) in [6.45, 7) is -0.0168. The Morgan fingerprint density at radius 2 is 1.54 bits per heavy atom. The smallest absolute Gasteiger partial charge is 0.348 e. The summed E-state index contributed by atoms with van der Waals surface area (Å²) >= 11 is 11.7. The van der Waals surface area contributed by atoms with Crippen LogP contribution in [0.15, 0.2) is 72.8 Å². The van der Waals surface area contributed by atoms with Crippen molar-refractivity contribution in [2.45, 2.75) is 24.5 Å². The molecule has 0 radical (unpaired) electrons. The van der Waals surface area contributed by atoms with E-state index in [0.29, 0.717) is 11.1 Å². The van der Waals surface area contributed by atoms with Gasteiger partial charge < -0.3 is 5.32 Å². The highest BCUT2D eigenvalue weighted by Crippen LogP contribution is 2.48. The lowest BCUT2D eigenvalue weighted by Gasteiger charge is -2.28. The van der Waals surface area contributed by atoms with Gasteiger partial charge in [0.1, 0.15) is 0 Å². The van der Waals surface area contributed by atoms with E-state index in [1.54, 1.807) is 0 Å². The summed E-state index contributed by atoms with van der Waals surface area (Å²) in [4.78, 5) is 17.5. The van der Waals surface area contributed by atoms with Gasteiger partial charge in [-0.05, 0) is 53.6 Å². The van der Waals surface area contributed by atoms with Crippen LogP contribution in [0, 0.1) is 0 Å². The Balaban J connectivity index is 1.49. The summed E-state index contributed by atoms with van der Waals surface area (Å²) in [6.07, 6.45) is -8.44. The van der Waals surface area contributed by atoms with E-state index in [4.69, 9.17) is 28.0 Å². The molecule has 12 heteroatoms. The molecule has 0 aromatic heterocycles. The number of nitrogens with one attached hydrogen (secondary N) is 2. The number of hydrogen-bond acceptors (Lipinski definition) is 3. The van der Waals surface area contributed by atoms with Crippen molar-refractivity contribution < 1.29 is 36.0 Å². The number of carbonyl (C=O) groups is 1. The van der Waals surface area contributed by atoms with E-state index >= 15 is 0 Å². The third-order valence-corrected chi connectivity index (χ3v) is 6.37. The summed E-state index contributed by atoms with van der Waals surface area (Å²) in [6, 6.07) is 13.5. The first-order chi connectivity index (χ1) is 17.3. The van der Waals surface area contributed by atoms with Gasteiger partial charge >= 0.3 is 12.4 Å². The molecule has 0 saturated carbocycles. The fourth-order valence-corrected chi connectivity index (χ4v) is 3.91. The van der Waals surface area contributed by atoms with Crippen LogP contribution in [0.1, 0.15) is 32.6 Å². The second kappa shape index (κ2) is 9.92. The maximum absolute atomic E-state index is 14.1. The van der Waals surface area contributed by atoms with Gasteiger partial charge in [-0.2, -0.15) is 26.3 Å². The zero-order chi connectivity index (χ0) is 27.0. The molecule has 0 aliphatic carbocycles. The SMILES string of the molecule is O=C(NCc1ccc(C(F)(F)F)cc1)c1ccc(C2=CC(c3ccc(Cl)c(Cl)c3)(C(F)(F)F)ON2)cc1. The molecular formula is C25H16Cl2F6N2O2. The molecule has 4 nitrogen and oxygen atoms in total. The van der Waals surface area contributed by atoms with Gasteiger partial charge in [0.05, 0.1) is 21.3 Å². The van der Waals surface area contributed by atoms with E-state index in [0.717, 1.165) is 30.3 Å². The molecule has 0 bridgehead atoms. The van der Waals surface area contributed by atoms with E-state index in [-0.39, 0.29) is 33.4 Å². The van der Waals surface area contributed by atoms with Gasteiger partial charge in [0, 0.05) is 17.7 Å². The molecule has 4 rings (SSSR count). The fourth-order valence-electron chi connectivity index (χ4n) is 3.61.